The van der Waals surface area contributed by atoms with Crippen LogP contribution in [0.1, 0.15) is 32.1 Å². The summed E-state index contributed by atoms with van der Waals surface area (Å²) in [4.78, 5) is 2.50. The van der Waals surface area contributed by atoms with Gasteiger partial charge >= 0.3 is 0 Å². The van der Waals surface area contributed by atoms with Gasteiger partial charge in [-0.15, -0.1) is 0 Å². The fraction of sp³-hybridized carbons (Fsp3) is 0.611. The van der Waals surface area contributed by atoms with Crippen molar-refractivity contribution in [1.29, 1.82) is 0 Å². The van der Waals surface area contributed by atoms with E-state index in [0.29, 0.717) is 18.2 Å². The zero-order chi connectivity index (χ0) is 17.1. The second kappa shape index (κ2) is 7.51. The van der Waals surface area contributed by atoms with Gasteiger partial charge in [-0.2, -0.15) is 5.10 Å². The van der Waals surface area contributed by atoms with Gasteiger partial charge in [-0.05, 0) is 39.8 Å². The van der Waals surface area contributed by atoms with Crippen LogP contribution in [0.25, 0.3) is 11.5 Å². The van der Waals surface area contributed by atoms with E-state index >= 15 is 0 Å². The number of aryl methyl sites for hydroxylation is 1. The van der Waals surface area contributed by atoms with Crippen LogP contribution in [0.4, 0.5) is 0 Å². The SMILES string of the molecule is Cc1ccc(-c2[nH]ncc2CNC[C@@H](C)N2C[C@@H](C)O[C@@H](C)C2)o1. The Morgan fingerprint density at radius 3 is 2.75 bits per heavy atom. The Kier molecular flexibility index (Phi) is 5.38. The number of nitrogens with zero attached hydrogens (tertiary/aromatic N) is 2. The van der Waals surface area contributed by atoms with E-state index < -0.39 is 0 Å². The molecule has 1 fully saturated rings. The van der Waals surface area contributed by atoms with E-state index in [4.69, 9.17) is 9.15 Å². The van der Waals surface area contributed by atoms with Crippen molar-refractivity contribution >= 4 is 0 Å². The topological polar surface area (TPSA) is 66.3 Å². The molecule has 3 heterocycles. The molecular weight excluding hydrogens is 304 g/mol. The van der Waals surface area contributed by atoms with Crippen LogP contribution in [0.2, 0.25) is 0 Å². The zero-order valence-electron chi connectivity index (χ0n) is 15.0. The largest absolute Gasteiger partial charge is 0.460 e. The maximum Gasteiger partial charge on any atom is 0.152 e. The maximum absolute atomic E-state index is 5.81. The first-order valence-corrected chi connectivity index (χ1v) is 8.72. The average molecular weight is 332 g/mol. The van der Waals surface area contributed by atoms with Crippen molar-refractivity contribution in [2.24, 2.45) is 0 Å². The van der Waals surface area contributed by atoms with Gasteiger partial charge in [0.15, 0.2) is 5.76 Å². The number of H-pyrrole nitrogens is 1. The smallest absolute Gasteiger partial charge is 0.152 e. The molecule has 0 spiro atoms. The first kappa shape index (κ1) is 17.2. The molecule has 0 aliphatic carbocycles. The molecule has 6 nitrogen and oxygen atoms in total. The van der Waals surface area contributed by atoms with E-state index in [1.54, 1.807) is 0 Å². The Labute approximate surface area is 143 Å². The molecule has 0 amide bonds. The minimum atomic E-state index is 0.305. The Morgan fingerprint density at radius 1 is 1.33 bits per heavy atom. The summed E-state index contributed by atoms with van der Waals surface area (Å²) in [6, 6.07) is 4.42. The lowest BCUT2D eigenvalue weighted by atomic mass is 10.1. The number of rotatable bonds is 6. The van der Waals surface area contributed by atoms with Crippen molar-refractivity contribution in [1.82, 2.24) is 20.4 Å². The summed E-state index contributed by atoms with van der Waals surface area (Å²) in [5, 5.41) is 10.7. The lowest BCUT2D eigenvalue weighted by Gasteiger charge is -2.39. The lowest BCUT2D eigenvalue weighted by molar-refractivity contribution is -0.0781. The first-order chi connectivity index (χ1) is 11.5. The van der Waals surface area contributed by atoms with Gasteiger partial charge in [-0.3, -0.25) is 10.00 Å². The van der Waals surface area contributed by atoms with E-state index in [2.05, 4.69) is 41.2 Å². The fourth-order valence-corrected chi connectivity index (χ4v) is 3.35. The summed E-state index contributed by atoms with van der Waals surface area (Å²) in [5.74, 6) is 1.74. The number of morpholine rings is 1. The standard InChI is InChI=1S/C18H28N4O2/c1-12(22-10-14(3)23-15(4)11-22)7-19-8-16-9-20-21-18(16)17-6-5-13(2)24-17/h5-6,9,12,14-15,19H,7-8,10-11H2,1-4H3,(H,20,21)/t12-,14-,15+/m1/s1. The molecule has 3 atom stereocenters. The average Bonchev–Trinajstić information content (AvgIpc) is 3.14. The van der Waals surface area contributed by atoms with Gasteiger partial charge in [0, 0.05) is 37.8 Å². The molecule has 0 aromatic carbocycles. The summed E-state index contributed by atoms with van der Waals surface area (Å²) in [6.45, 7) is 12.2. The molecule has 0 bridgehead atoms. The second-order valence-corrected chi connectivity index (χ2v) is 6.87. The predicted octanol–water partition coefficient (Wildman–Crippen LogP) is 2.57. The highest BCUT2D eigenvalue weighted by Gasteiger charge is 2.25. The molecular formula is C18H28N4O2. The third-order valence-electron chi connectivity index (χ3n) is 4.53. The van der Waals surface area contributed by atoms with Crippen LogP contribution in [-0.4, -0.2) is 53.0 Å². The summed E-state index contributed by atoms with van der Waals surface area (Å²) in [5.41, 5.74) is 2.08. The van der Waals surface area contributed by atoms with Gasteiger partial charge in [0.2, 0.25) is 0 Å². The van der Waals surface area contributed by atoms with Crippen molar-refractivity contribution < 1.29 is 9.15 Å². The molecule has 0 unspecified atom stereocenters. The van der Waals surface area contributed by atoms with Crippen molar-refractivity contribution in [3.63, 3.8) is 0 Å². The van der Waals surface area contributed by atoms with Gasteiger partial charge < -0.3 is 14.5 Å². The second-order valence-electron chi connectivity index (χ2n) is 6.87. The number of ether oxygens (including phenoxy) is 1. The molecule has 2 aromatic rings. The van der Waals surface area contributed by atoms with Crippen LogP contribution in [0.5, 0.6) is 0 Å². The number of hydrogen-bond acceptors (Lipinski definition) is 5. The highest BCUT2D eigenvalue weighted by Crippen LogP contribution is 2.23. The number of aromatic nitrogens is 2. The summed E-state index contributed by atoms with van der Waals surface area (Å²) < 4.78 is 11.5. The van der Waals surface area contributed by atoms with E-state index in [0.717, 1.165) is 49.0 Å². The van der Waals surface area contributed by atoms with E-state index in [1.807, 2.05) is 25.3 Å². The summed E-state index contributed by atoms with van der Waals surface area (Å²) in [6.07, 6.45) is 2.47. The Bertz CT molecular complexity index is 641. The van der Waals surface area contributed by atoms with E-state index in [9.17, 15) is 0 Å². The predicted molar refractivity (Wildman–Crippen MR) is 93.8 cm³/mol. The molecule has 2 N–H and O–H groups in total. The van der Waals surface area contributed by atoms with Crippen LogP contribution in [0, 0.1) is 6.92 Å². The van der Waals surface area contributed by atoms with Crippen molar-refractivity contribution in [2.75, 3.05) is 19.6 Å². The molecule has 0 radical (unpaired) electrons. The van der Waals surface area contributed by atoms with Crippen LogP contribution in [0.3, 0.4) is 0 Å². The van der Waals surface area contributed by atoms with Gasteiger partial charge in [-0.25, -0.2) is 0 Å². The quantitative estimate of drug-likeness (QED) is 0.851. The molecule has 1 aliphatic heterocycles. The molecule has 1 aliphatic rings. The number of nitrogens with one attached hydrogen (secondary N) is 2. The summed E-state index contributed by atoms with van der Waals surface area (Å²) in [7, 11) is 0. The molecule has 132 valence electrons. The fourth-order valence-electron chi connectivity index (χ4n) is 3.35. The highest BCUT2D eigenvalue weighted by molar-refractivity contribution is 5.56. The minimum Gasteiger partial charge on any atom is -0.460 e. The van der Waals surface area contributed by atoms with Gasteiger partial charge in [0.05, 0.1) is 18.4 Å². The zero-order valence-corrected chi connectivity index (χ0v) is 15.0. The molecule has 2 aromatic heterocycles. The van der Waals surface area contributed by atoms with Gasteiger partial charge in [-0.1, -0.05) is 0 Å². The van der Waals surface area contributed by atoms with Gasteiger partial charge in [0.1, 0.15) is 11.5 Å². The molecule has 6 heteroatoms. The molecule has 3 rings (SSSR count). The van der Waals surface area contributed by atoms with E-state index in [-0.39, 0.29) is 0 Å². The molecule has 0 saturated carbocycles. The Hall–Kier alpha value is -1.63. The van der Waals surface area contributed by atoms with Crippen LogP contribution in [0.15, 0.2) is 22.7 Å². The van der Waals surface area contributed by atoms with Crippen molar-refractivity contribution in [2.45, 2.75) is 52.5 Å². The minimum absolute atomic E-state index is 0.305. The summed E-state index contributed by atoms with van der Waals surface area (Å²) >= 11 is 0. The maximum atomic E-state index is 5.81. The number of furan rings is 1. The third-order valence-corrected chi connectivity index (χ3v) is 4.53. The third kappa shape index (κ3) is 4.06. The van der Waals surface area contributed by atoms with Crippen LogP contribution in [-0.2, 0) is 11.3 Å². The number of hydrogen-bond donors (Lipinski definition) is 2. The highest BCUT2D eigenvalue weighted by atomic mass is 16.5. The first-order valence-electron chi connectivity index (χ1n) is 8.72. The normalized spacial score (nSPS) is 23.5. The number of aromatic amines is 1. The Balaban J connectivity index is 1.53. The van der Waals surface area contributed by atoms with Gasteiger partial charge in [0.25, 0.3) is 0 Å². The molecule has 1 saturated heterocycles. The van der Waals surface area contributed by atoms with Crippen molar-refractivity contribution in [3.05, 3.63) is 29.7 Å². The van der Waals surface area contributed by atoms with Crippen LogP contribution < -0.4 is 5.32 Å². The molecule has 24 heavy (non-hydrogen) atoms. The van der Waals surface area contributed by atoms with E-state index in [1.165, 1.54) is 0 Å². The Morgan fingerprint density at radius 2 is 2.08 bits per heavy atom. The monoisotopic (exact) mass is 332 g/mol. The lowest BCUT2D eigenvalue weighted by Crippen LogP contribution is -2.51. The van der Waals surface area contributed by atoms with Crippen LogP contribution >= 0.6 is 0 Å². The van der Waals surface area contributed by atoms with Crippen molar-refractivity contribution in [3.8, 4) is 11.5 Å².